The second-order valence-corrected chi connectivity index (χ2v) is 5.46. The fourth-order valence-corrected chi connectivity index (χ4v) is 2.95. The van der Waals surface area contributed by atoms with Crippen LogP contribution < -0.4 is 5.32 Å². The van der Waals surface area contributed by atoms with E-state index in [2.05, 4.69) is 17.1 Å². The number of piperidine rings is 1. The van der Waals surface area contributed by atoms with E-state index in [1.165, 1.54) is 0 Å². The van der Waals surface area contributed by atoms with E-state index in [1.54, 1.807) is 0 Å². The predicted octanol–water partition coefficient (Wildman–Crippen LogP) is -0.348. The highest BCUT2D eigenvalue weighted by molar-refractivity contribution is 5.82. The predicted molar refractivity (Wildman–Crippen MR) is 70.3 cm³/mol. The topological polar surface area (TPSA) is 55.8 Å². The second-order valence-electron chi connectivity index (χ2n) is 5.46. The van der Waals surface area contributed by atoms with Crippen molar-refractivity contribution < 1.29 is 9.90 Å². The molecular formula is C13H25N3O2. The molecule has 2 aliphatic rings. The number of rotatable bonds is 3. The summed E-state index contributed by atoms with van der Waals surface area (Å²) < 4.78 is 0. The molecule has 2 heterocycles. The van der Waals surface area contributed by atoms with Crippen LogP contribution in [0, 0.1) is 0 Å². The lowest BCUT2D eigenvalue weighted by Gasteiger charge is -2.37. The van der Waals surface area contributed by atoms with E-state index in [4.69, 9.17) is 0 Å². The van der Waals surface area contributed by atoms with Crippen molar-refractivity contribution in [2.45, 2.75) is 44.4 Å². The van der Waals surface area contributed by atoms with Crippen LogP contribution in [0.1, 0.15) is 26.2 Å². The van der Waals surface area contributed by atoms with E-state index in [0.29, 0.717) is 19.0 Å². The fourth-order valence-electron chi connectivity index (χ4n) is 2.95. The van der Waals surface area contributed by atoms with Crippen molar-refractivity contribution in [1.29, 1.82) is 0 Å². The van der Waals surface area contributed by atoms with Crippen LogP contribution in [0.4, 0.5) is 0 Å². The number of carbonyl (C=O) groups excluding carboxylic acids is 1. The largest absolute Gasteiger partial charge is 0.392 e. The molecule has 2 aliphatic heterocycles. The van der Waals surface area contributed by atoms with E-state index < -0.39 is 0 Å². The molecule has 104 valence electrons. The molecule has 2 N–H and O–H groups in total. The van der Waals surface area contributed by atoms with Crippen LogP contribution >= 0.6 is 0 Å². The lowest BCUT2D eigenvalue weighted by molar-refractivity contribution is -0.134. The Bertz CT molecular complexity index is 290. The highest BCUT2D eigenvalue weighted by atomic mass is 16.3. The number of nitrogens with zero attached hydrogens (tertiary/aromatic N) is 2. The molecule has 0 aliphatic carbocycles. The average molecular weight is 255 g/mol. The molecule has 2 fully saturated rings. The van der Waals surface area contributed by atoms with Gasteiger partial charge in [-0.2, -0.15) is 0 Å². The van der Waals surface area contributed by atoms with Crippen molar-refractivity contribution in [3.63, 3.8) is 0 Å². The SMILES string of the molecule is CCN1CCC(N(C)C(=O)C2CC(O)CN2)CC1. The van der Waals surface area contributed by atoms with Crippen LogP contribution in [0.15, 0.2) is 0 Å². The lowest BCUT2D eigenvalue weighted by atomic mass is 10.0. The molecule has 0 aromatic carbocycles. The van der Waals surface area contributed by atoms with Crippen molar-refractivity contribution >= 4 is 5.91 Å². The Morgan fingerprint density at radius 1 is 1.44 bits per heavy atom. The van der Waals surface area contributed by atoms with Crippen LogP contribution in [0.25, 0.3) is 0 Å². The first kappa shape index (κ1) is 13.8. The molecule has 0 aromatic rings. The normalized spacial score (nSPS) is 30.6. The Hall–Kier alpha value is -0.650. The van der Waals surface area contributed by atoms with Crippen molar-refractivity contribution in [2.75, 3.05) is 33.2 Å². The maximum Gasteiger partial charge on any atom is 0.239 e. The van der Waals surface area contributed by atoms with Gasteiger partial charge in [-0.1, -0.05) is 6.92 Å². The third kappa shape index (κ3) is 3.02. The molecule has 18 heavy (non-hydrogen) atoms. The summed E-state index contributed by atoms with van der Waals surface area (Å²) in [4.78, 5) is 16.6. The highest BCUT2D eigenvalue weighted by Crippen LogP contribution is 2.18. The number of β-amino-alcohol motifs (C(OH)–C–C–N with tert-alkyl or cyclic N) is 1. The molecule has 5 nitrogen and oxygen atoms in total. The van der Waals surface area contributed by atoms with Crippen LogP contribution in [0.2, 0.25) is 0 Å². The minimum absolute atomic E-state index is 0.140. The second kappa shape index (κ2) is 5.99. The van der Waals surface area contributed by atoms with Crippen LogP contribution in [-0.4, -0.2) is 72.2 Å². The van der Waals surface area contributed by atoms with Gasteiger partial charge in [0.15, 0.2) is 0 Å². The third-order valence-corrected chi connectivity index (χ3v) is 4.31. The van der Waals surface area contributed by atoms with Gasteiger partial charge in [0, 0.05) is 32.7 Å². The molecule has 0 saturated carbocycles. The fraction of sp³-hybridized carbons (Fsp3) is 0.923. The van der Waals surface area contributed by atoms with E-state index in [-0.39, 0.29) is 18.1 Å². The van der Waals surface area contributed by atoms with Gasteiger partial charge in [-0.3, -0.25) is 4.79 Å². The molecular weight excluding hydrogens is 230 g/mol. The monoisotopic (exact) mass is 255 g/mol. The number of carbonyl (C=O) groups is 1. The number of hydrogen-bond donors (Lipinski definition) is 2. The van der Waals surface area contributed by atoms with Gasteiger partial charge in [0.25, 0.3) is 0 Å². The average Bonchev–Trinajstić information content (AvgIpc) is 2.84. The van der Waals surface area contributed by atoms with Gasteiger partial charge in [0.2, 0.25) is 5.91 Å². The first-order valence-corrected chi connectivity index (χ1v) is 7.02. The molecule has 1 amide bonds. The Balaban J connectivity index is 1.84. The minimum Gasteiger partial charge on any atom is -0.392 e. The minimum atomic E-state index is -0.366. The summed E-state index contributed by atoms with van der Waals surface area (Å²) in [5.74, 6) is 0.140. The summed E-state index contributed by atoms with van der Waals surface area (Å²) in [6.07, 6.45) is 2.31. The maximum atomic E-state index is 12.3. The molecule has 0 spiro atoms. The molecule has 5 heteroatoms. The van der Waals surface area contributed by atoms with Gasteiger partial charge in [-0.05, 0) is 25.8 Å². The Morgan fingerprint density at radius 3 is 2.61 bits per heavy atom. The van der Waals surface area contributed by atoms with E-state index in [0.717, 1.165) is 32.5 Å². The lowest BCUT2D eigenvalue weighted by Crippen LogP contribution is -2.50. The number of amides is 1. The molecule has 0 aromatic heterocycles. The van der Waals surface area contributed by atoms with E-state index in [1.807, 2.05) is 11.9 Å². The number of nitrogens with one attached hydrogen (secondary N) is 1. The smallest absolute Gasteiger partial charge is 0.239 e. The van der Waals surface area contributed by atoms with Crippen molar-refractivity contribution in [1.82, 2.24) is 15.1 Å². The molecule has 2 unspecified atom stereocenters. The number of aliphatic hydroxyl groups excluding tert-OH is 1. The molecule has 2 atom stereocenters. The Morgan fingerprint density at radius 2 is 2.11 bits per heavy atom. The number of aliphatic hydroxyl groups is 1. The zero-order chi connectivity index (χ0) is 13.1. The third-order valence-electron chi connectivity index (χ3n) is 4.31. The molecule has 2 rings (SSSR count). The van der Waals surface area contributed by atoms with E-state index in [9.17, 15) is 9.90 Å². The van der Waals surface area contributed by atoms with Crippen molar-refractivity contribution in [2.24, 2.45) is 0 Å². The zero-order valence-electron chi connectivity index (χ0n) is 11.4. The zero-order valence-corrected chi connectivity index (χ0v) is 11.4. The van der Waals surface area contributed by atoms with Gasteiger partial charge in [-0.15, -0.1) is 0 Å². The summed E-state index contributed by atoms with van der Waals surface area (Å²) in [6, 6.07) is 0.175. The molecule has 2 saturated heterocycles. The number of hydrogen-bond acceptors (Lipinski definition) is 4. The quantitative estimate of drug-likeness (QED) is 0.724. The van der Waals surface area contributed by atoms with Gasteiger partial charge in [-0.25, -0.2) is 0 Å². The summed E-state index contributed by atoms with van der Waals surface area (Å²) in [5.41, 5.74) is 0. The van der Waals surface area contributed by atoms with Crippen LogP contribution in [0.5, 0.6) is 0 Å². The standard InChI is InChI=1S/C13H25N3O2/c1-3-16-6-4-10(5-7-16)15(2)13(18)12-8-11(17)9-14-12/h10-12,14,17H,3-9H2,1-2H3. The van der Waals surface area contributed by atoms with Crippen LogP contribution in [0.3, 0.4) is 0 Å². The Labute approximate surface area is 109 Å². The maximum absolute atomic E-state index is 12.3. The van der Waals surface area contributed by atoms with Crippen LogP contribution in [-0.2, 0) is 4.79 Å². The van der Waals surface area contributed by atoms with Gasteiger partial charge in [0.1, 0.15) is 0 Å². The van der Waals surface area contributed by atoms with Crippen molar-refractivity contribution in [3.8, 4) is 0 Å². The van der Waals surface area contributed by atoms with Gasteiger partial charge < -0.3 is 20.2 Å². The van der Waals surface area contributed by atoms with Gasteiger partial charge >= 0.3 is 0 Å². The molecule has 0 radical (unpaired) electrons. The highest BCUT2D eigenvalue weighted by Gasteiger charge is 2.33. The number of likely N-dealkylation sites (N-methyl/N-ethyl adjacent to an activating group) is 1. The van der Waals surface area contributed by atoms with Crippen molar-refractivity contribution in [3.05, 3.63) is 0 Å². The Kier molecular flexibility index (Phi) is 4.59. The number of likely N-dealkylation sites (tertiary alicyclic amines) is 1. The summed E-state index contributed by atoms with van der Waals surface area (Å²) in [6.45, 7) is 5.98. The first-order chi connectivity index (χ1) is 8.61. The summed E-state index contributed by atoms with van der Waals surface area (Å²) in [5, 5.41) is 12.6. The first-order valence-electron chi connectivity index (χ1n) is 7.02. The van der Waals surface area contributed by atoms with E-state index >= 15 is 0 Å². The van der Waals surface area contributed by atoms with Gasteiger partial charge in [0.05, 0.1) is 12.1 Å². The molecule has 0 bridgehead atoms. The summed E-state index contributed by atoms with van der Waals surface area (Å²) >= 11 is 0. The summed E-state index contributed by atoms with van der Waals surface area (Å²) in [7, 11) is 1.90.